The van der Waals surface area contributed by atoms with Crippen LogP contribution in [-0.2, 0) is 0 Å². The second-order valence-corrected chi connectivity index (χ2v) is 5.23. The normalized spacial score (nSPS) is 10.9. The quantitative estimate of drug-likeness (QED) is 0.490. The molecule has 0 bridgehead atoms. The van der Waals surface area contributed by atoms with Crippen molar-refractivity contribution >= 4 is 34.8 Å². The van der Waals surface area contributed by atoms with E-state index in [9.17, 15) is 4.39 Å². The van der Waals surface area contributed by atoms with Crippen molar-refractivity contribution in [1.82, 2.24) is 15.2 Å². The van der Waals surface area contributed by atoms with Crippen molar-refractivity contribution in [2.75, 3.05) is 0 Å². The molecular weight excluding hydrogens is 340 g/mol. The number of hydrogen-bond donors (Lipinski definition) is 0. The average Bonchev–Trinajstić information content (AvgIpc) is 2.93. The van der Waals surface area contributed by atoms with E-state index in [1.165, 1.54) is 12.3 Å². The fraction of sp³-hybridized carbons (Fsp3) is 0. The molecule has 0 saturated carbocycles. The van der Waals surface area contributed by atoms with Crippen molar-refractivity contribution in [2.24, 2.45) is 0 Å². The van der Waals surface area contributed by atoms with Crippen molar-refractivity contribution in [3.8, 4) is 22.9 Å². The Hall–Kier alpha value is -1.69. The molecule has 21 heavy (non-hydrogen) atoms. The fourth-order valence-corrected chi connectivity index (χ4v) is 2.21. The van der Waals surface area contributed by atoms with Crippen molar-refractivity contribution in [2.45, 2.75) is 0 Å². The lowest BCUT2D eigenvalue weighted by atomic mass is 10.2. The third-order valence-corrected chi connectivity index (χ3v) is 3.47. The summed E-state index contributed by atoms with van der Waals surface area (Å²) in [7, 11) is 0. The van der Waals surface area contributed by atoms with Crippen LogP contribution >= 0.6 is 34.8 Å². The maximum Gasteiger partial charge on any atom is 0.249 e. The minimum atomic E-state index is -0.621. The molecule has 0 N–H and O–H groups in total. The van der Waals surface area contributed by atoms with Crippen LogP contribution in [0.4, 0.5) is 4.39 Å². The topological polar surface area (TPSA) is 51.8 Å². The van der Waals surface area contributed by atoms with Crippen LogP contribution in [0.5, 0.6) is 0 Å². The van der Waals surface area contributed by atoms with Gasteiger partial charge in [0.1, 0.15) is 11.0 Å². The van der Waals surface area contributed by atoms with Gasteiger partial charge in [0.15, 0.2) is 0 Å². The Kier molecular flexibility index (Phi) is 3.80. The van der Waals surface area contributed by atoms with Crippen LogP contribution in [-0.4, -0.2) is 15.2 Å². The molecule has 0 saturated heterocycles. The van der Waals surface area contributed by atoms with E-state index in [0.717, 1.165) is 6.07 Å². The Morgan fingerprint density at radius 2 is 1.71 bits per heavy atom. The summed E-state index contributed by atoms with van der Waals surface area (Å²) in [4.78, 5) is 3.91. The number of nitrogens with zero attached hydrogens (tertiary/aromatic N) is 3. The van der Waals surface area contributed by atoms with Crippen LogP contribution in [0.25, 0.3) is 22.9 Å². The minimum Gasteiger partial charge on any atom is -0.416 e. The zero-order valence-corrected chi connectivity index (χ0v) is 12.4. The molecule has 4 nitrogen and oxygen atoms in total. The Bertz CT molecular complexity index is 805. The molecule has 0 fully saturated rings. The first-order valence-corrected chi connectivity index (χ1v) is 6.78. The van der Waals surface area contributed by atoms with Crippen LogP contribution in [0.2, 0.25) is 15.2 Å². The van der Waals surface area contributed by atoms with Gasteiger partial charge in [0.25, 0.3) is 0 Å². The summed E-state index contributed by atoms with van der Waals surface area (Å²) in [6.07, 6.45) is 1.49. The standard InChI is InChI=1S/C13H5Cl3FN3O/c14-8-4-9(15)10(17)3-7(8)13-20-19-12(21-13)6-1-2-11(16)18-5-6/h1-5H. The van der Waals surface area contributed by atoms with E-state index in [2.05, 4.69) is 15.2 Å². The molecule has 2 heterocycles. The van der Waals surface area contributed by atoms with Crippen molar-refractivity contribution in [3.63, 3.8) is 0 Å². The number of pyridine rings is 1. The molecule has 0 aliphatic carbocycles. The molecule has 1 aromatic carbocycles. The van der Waals surface area contributed by atoms with E-state index < -0.39 is 5.82 Å². The van der Waals surface area contributed by atoms with Crippen molar-refractivity contribution in [3.05, 3.63) is 51.5 Å². The van der Waals surface area contributed by atoms with Gasteiger partial charge in [0.2, 0.25) is 11.8 Å². The van der Waals surface area contributed by atoms with E-state index in [1.54, 1.807) is 12.1 Å². The summed E-state index contributed by atoms with van der Waals surface area (Å²) < 4.78 is 19.0. The number of aromatic nitrogens is 3. The van der Waals surface area contributed by atoms with Crippen LogP contribution in [0.15, 0.2) is 34.9 Å². The SMILES string of the molecule is Fc1cc(-c2nnc(-c3ccc(Cl)nc3)o2)c(Cl)cc1Cl. The van der Waals surface area contributed by atoms with Crippen molar-refractivity contribution in [1.29, 1.82) is 0 Å². The summed E-state index contributed by atoms with van der Waals surface area (Å²) in [5.41, 5.74) is 0.850. The van der Waals surface area contributed by atoms with Crippen LogP contribution in [0.1, 0.15) is 0 Å². The molecule has 0 atom stereocenters. The third-order valence-electron chi connectivity index (χ3n) is 2.64. The van der Waals surface area contributed by atoms with Gasteiger partial charge in [0.05, 0.1) is 21.2 Å². The summed E-state index contributed by atoms with van der Waals surface area (Å²) in [6.45, 7) is 0. The predicted molar refractivity (Wildman–Crippen MR) is 78.0 cm³/mol. The molecule has 0 aliphatic heterocycles. The molecule has 0 unspecified atom stereocenters. The smallest absolute Gasteiger partial charge is 0.249 e. The third kappa shape index (κ3) is 2.85. The predicted octanol–water partition coefficient (Wildman–Crippen LogP) is 4.90. The average molecular weight is 345 g/mol. The van der Waals surface area contributed by atoms with Crippen LogP contribution < -0.4 is 0 Å². The zero-order valence-electron chi connectivity index (χ0n) is 10.1. The molecular formula is C13H5Cl3FN3O. The molecule has 3 aromatic rings. The first-order valence-electron chi connectivity index (χ1n) is 5.65. The van der Waals surface area contributed by atoms with Gasteiger partial charge in [-0.1, -0.05) is 34.8 Å². The first-order chi connectivity index (χ1) is 10.0. The van der Waals surface area contributed by atoms with Gasteiger partial charge in [-0.15, -0.1) is 10.2 Å². The van der Waals surface area contributed by atoms with Gasteiger partial charge in [-0.05, 0) is 24.3 Å². The van der Waals surface area contributed by atoms with E-state index in [1.807, 2.05) is 0 Å². The minimum absolute atomic E-state index is 0.0783. The van der Waals surface area contributed by atoms with Gasteiger partial charge >= 0.3 is 0 Å². The highest BCUT2D eigenvalue weighted by Crippen LogP contribution is 2.32. The van der Waals surface area contributed by atoms with E-state index in [-0.39, 0.29) is 27.4 Å². The molecule has 0 radical (unpaired) electrons. The maximum absolute atomic E-state index is 13.5. The Balaban J connectivity index is 2.02. The number of rotatable bonds is 2. The fourth-order valence-electron chi connectivity index (χ4n) is 1.64. The van der Waals surface area contributed by atoms with Crippen molar-refractivity contribution < 1.29 is 8.81 Å². The first kappa shape index (κ1) is 14.3. The van der Waals surface area contributed by atoms with E-state index in [4.69, 9.17) is 39.2 Å². The summed E-state index contributed by atoms with van der Waals surface area (Å²) >= 11 is 17.3. The maximum atomic E-state index is 13.5. The van der Waals surface area contributed by atoms with Gasteiger partial charge in [-0.2, -0.15) is 0 Å². The highest BCUT2D eigenvalue weighted by molar-refractivity contribution is 6.36. The summed E-state index contributed by atoms with van der Waals surface area (Å²) in [5, 5.41) is 8.20. The van der Waals surface area contributed by atoms with Gasteiger partial charge in [0, 0.05) is 6.20 Å². The molecule has 106 valence electrons. The Morgan fingerprint density at radius 1 is 0.952 bits per heavy atom. The zero-order chi connectivity index (χ0) is 15.0. The lowest BCUT2D eigenvalue weighted by molar-refractivity contribution is 0.582. The Morgan fingerprint density at radius 3 is 2.43 bits per heavy atom. The van der Waals surface area contributed by atoms with Crippen LogP contribution in [0.3, 0.4) is 0 Å². The second-order valence-electron chi connectivity index (χ2n) is 4.03. The highest BCUT2D eigenvalue weighted by atomic mass is 35.5. The van der Waals surface area contributed by atoms with E-state index >= 15 is 0 Å². The number of benzene rings is 1. The Labute approximate surface area is 133 Å². The lowest BCUT2D eigenvalue weighted by Gasteiger charge is -2.01. The molecule has 0 aliphatic rings. The lowest BCUT2D eigenvalue weighted by Crippen LogP contribution is -1.84. The van der Waals surface area contributed by atoms with Crippen LogP contribution in [0, 0.1) is 5.82 Å². The van der Waals surface area contributed by atoms with Gasteiger partial charge in [-0.25, -0.2) is 9.37 Å². The van der Waals surface area contributed by atoms with Gasteiger partial charge < -0.3 is 4.42 Å². The molecule has 0 amide bonds. The number of halogens is 4. The molecule has 8 heteroatoms. The molecule has 2 aromatic heterocycles. The monoisotopic (exact) mass is 343 g/mol. The highest BCUT2D eigenvalue weighted by Gasteiger charge is 2.16. The summed E-state index contributed by atoms with van der Waals surface area (Å²) in [5.74, 6) is -0.315. The van der Waals surface area contributed by atoms with Gasteiger partial charge in [-0.3, -0.25) is 0 Å². The van der Waals surface area contributed by atoms with E-state index in [0.29, 0.717) is 10.7 Å². The summed E-state index contributed by atoms with van der Waals surface area (Å²) in [6, 6.07) is 5.69. The molecule has 3 rings (SSSR count). The second kappa shape index (κ2) is 5.60. The molecule has 0 spiro atoms. The largest absolute Gasteiger partial charge is 0.416 e. The number of hydrogen-bond acceptors (Lipinski definition) is 4.